The fourth-order valence-electron chi connectivity index (χ4n) is 1.58. The van der Waals surface area contributed by atoms with E-state index in [2.05, 4.69) is 15.3 Å². The number of anilines is 2. The summed E-state index contributed by atoms with van der Waals surface area (Å²) in [6.45, 7) is 1.98. The first-order valence-electron chi connectivity index (χ1n) is 5.32. The zero-order chi connectivity index (χ0) is 12.3. The molecule has 1 aromatic heterocycles. The summed E-state index contributed by atoms with van der Waals surface area (Å²) in [4.78, 5) is 17.6. The predicted octanol–water partition coefficient (Wildman–Crippen LogP) is 1.53. The zero-order valence-electron chi connectivity index (χ0n) is 9.47. The summed E-state index contributed by atoms with van der Waals surface area (Å²) in [5.74, 6) is 0.545. The van der Waals surface area contributed by atoms with Gasteiger partial charge in [0.05, 0.1) is 12.4 Å². The van der Waals surface area contributed by atoms with Gasteiger partial charge < -0.3 is 16.0 Å². The molecule has 5 nitrogen and oxygen atoms in total. The van der Waals surface area contributed by atoms with Crippen LogP contribution in [-0.2, 0) is 0 Å². The van der Waals surface area contributed by atoms with Crippen LogP contribution in [0, 0.1) is 0 Å². The molecule has 1 atom stereocenters. The molecule has 0 aliphatic carbocycles. The van der Waals surface area contributed by atoms with Crippen molar-refractivity contribution in [3.05, 3.63) is 52.6 Å². The van der Waals surface area contributed by atoms with Crippen molar-refractivity contribution >= 4 is 11.5 Å². The first-order valence-corrected chi connectivity index (χ1v) is 5.32. The Morgan fingerprint density at radius 1 is 1.41 bits per heavy atom. The third kappa shape index (κ3) is 2.84. The van der Waals surface area contributed by atoms with Gasteiger partial charge in [0.2, 0.25) is 0 Å². The number of hydrogen-bond acceptors (Lipinski definition) is 4. The normalized spacial score (nSPS) is 12.1. The molecule has 17 heavy (non-hydrogen) atoms. The Morgan fingerprint density at radius 3 is 2.94 bits per heavy atom. The van der Waals surface area contributed by atoms with Gasteiger partial charge in [0, 0.05) is 11.8 Å². The first kappa shape index (κ1) is 11.2. The van der Waals surface area contributed by atoms with Crippen molar-refractivity contribution in [1.29, 1.82) is 0 Å². The van der Waals surface area contributed by atoms with Gasteiger partial charge in [0.15, 0.2) is 0 Å². The molecule has 4 N–H and O–H groups in total. The lowest BCUT2D eigenvalue weighted by molar-refractivity contribution is 0.870. The molecule has 0 saturated carbocycles. The molecule has 88 valence electrons. The van der Waals surface area contributed by atoms with Crippen LogP contribution in [0.4, 0.5) is 11.5 Å². The quantitative estimate of drug-likeness (QED) is 0.698. The molecule has 5 heteroatoms. The van der Waals surface area contributed by atoms with Crippen LogP contribution >= 0.6 is 0 Å². The molecule has 1 heterocycles. The van der Waals surface area contributed by atoms with Crippen molar-refractivity contribution in [2.45, 2.75) is 13.0 Å². The topological polar surface area (TPSA) is 83.8 Å². The van der Waals surface area contributed by atoms with Crippen molar-refractivity contribution in [3.8, 4) is 0 Å². The Kier molecular flexibility index (Phi) is 3.09. The first-order chi connectivity index (χ1) is 8.15. The van der Waals surface area contributed by atoms with Crippen molar-refractivity contribution in [2.75, 3.05) is 11.1 Å². The Morgan fingerprint density at radius 2 is 2.24 bits per heavy atom. The van der Waals surface area contributed by atoms with Crippen LogP contribution in [0.5, 0.6) is 0 Å². The second-order valence-electron chi connectivity index (χ2n) is 3.83. The van der Waals surface area contributed by atoms with E-state index in [4.69, 9.17) is 5.73 Å². The van der Waals surface area contributed by atoms with Crippen molar-refractivity contribution < 1.29 is 0 Å². The average Bonchev–Trinajstić information content (AvgIpc) is 2.29. The molecule has 2 aromatic rings. The van der Waals surface area contributed by atoms with Crippen LogP contribution in [0.2, 0.25) is 0 Å². The average molecular weight is 230 g/mol. The van der Waals surface area contributed by atoms with Gasteiger partial charge in [-0.1, -0.05) is 12.1 Å². The van der Waals surface area contributed by atoms with Gasteiger partial charge in [-0.2, -0.15) is 0 Å². The van der Waals surface area contributed by atoms with E-state index in [1.807, 2.05) is 31.2 Å². The van der Waals surface area contributed by atoms with E-state index in [1.54, 1.807) is 0 Å². The minimum atomic E-state index is -0.178. The molecule has 1 unspecified atom stereocenters. The highest BCUT2D eigenvalue weighted by Gasteiger charge is 2.06. The standard InChI is InChI=1S/C12H14N4O/c1-8(9-3-2-4-10(13)5-9)16-11-6-12(17)15-7-14-11/h2-8H,13H2,1H3,(H2,14,15,16,17). The Hall–Kier alpha value is -2.30. The third-order valence-electron chi connectivity index (χ3n) is 2.45. The fourth-order valence-corrected chi connectivity index (χ4v) is 1.58. The van der Waals surface area contributed by atoms with E-state index < -0.39 is 0 Å². The molecular formula is C12H14N4O. The summed E-state index contributed by atoms with van der Waals surface area (Å²) in [6, 6.07) is 9.05. The van der Waals surface area contributed by atoms with Gasteiger partial charge in [0.25, 0.3) is 5.56 Å². The molecular weight excluding hydrogens is 216 g/mol. The van der Waals surface area contributed by atoms with E-state index in [-0.39, 0.29) is 11.6 Å². The second-order valence-corrected chi connectivity index (χ2v) is 3.83. The summed E-state index contributed by atoms with van der Waals surface area (Å²) < 4.78 is 0. The summed E-state index contributed by atoms with van der Waals surface area (Å²) in [5, 5.41) is 3.14. The van der Waals surface area contributed by atoms with Crippen molar-refractivity contribution in [2.24, 2.45) is 0 Å². The largest absolute Gasteiger partial charge is 0.399 e. The van der Waals surface area contributed by atoms with E-state index in [1.165, 1.54) is 12.4 Å². The maximum Gasteiger partial charge on any atom is 0.252 e. The number of nitrogen functional groups attached to an aromatic ring is 1. The van der Waals surface area contributed by atoms with E-state index in [0.29, 0.717) is 5.82 Å². The van der Waals surface area contributed by atoms with Crippen LogP contribution < -0.4 is 16.6 Å². The van der Waals surface area contributed by atoms with Gasteiger partial charge in [-0.25, -0.2) is 4.98 Å². The zero-order valence-corrected chi connectivity index (χ0v) is 9.47. The van der Waals surface area contributed by atoms with E-state index in [9.17, 15) is 4.79 Å². The molecule has 0 spiro atoms. The van der Waals surface area contributed by atoms with E-state index in [0.717, 1.165) is 11.3 Å². The minimum Gasteiger partial charge on any atom is -0.399 e. The summed E-state index contributed by atoms with van der Waals surface area (Å²) >= 11 is 0. The lowest BCUT2D eigenvalue weighted by atomic mass is 10.1. The highest BCUT2D eigenvalue weighted by Crippen LogP contribution is 2.18. The van der Waals surface area contributed by atoms with Crippen LogP contribution in [0.3, 0.4) is 0 Å². The van der Waals surface area contributed by atoms with Crippen LogP contribution in [0.25, 0.3) is 0 Å². The summed E-state index contributed by atoms with van der Waals surface area (Å²) in [6.07, 6.45) is 1.37. The van der Waals surface area contributed by atoms with Gasteiger partial charge >= 0.3 is 0 Å². The number of nitrogens with two attached hydrogens (primary N) is 1. The number of benzene rings is 1. The molecule has 0 aliphatic rings. The number of hydrogen-bond donors (Lipinski definition) is 3. The third-order valence-corrected chi connectivity index (χ3v) is 2.45. The Balaban J connectivity index is 2.17. The van der Waals surface area contributed by atoms with Crippen LogP contribution in [0.1, 0.15) is 18.5 Å². The Labute approximate surface area is 98.7 Å². The number of nitrogens with zero attached hydrogens (tertiary/aromatic N) is 1. The lowest BCUT2D eigenvalue weighted by Gasteiger charge is -2.14. The molecule has 1 aromatic carbocycles. The number of aromatic nitrogens is 2. The Bertz CT molecular complexity index is 564. The molecule has 0 radical (unpaired) electrons. The highest BCUT2D eigenvalue weighted by atomic mass is 16.1. The van der Waals surface area contributed by atoms with Gasteiger partial charge in [-0.15, -0.1) is 0 Å². The smallest absolute Gasteiger partial charge is 0.252 e. The monoisotopic (exact) mass is 230 g/mol. The van der Waals surface area contributed by atoms with Crippen LogP contribution in [0.15, 0.2) is 41.5 Å². The molecule has 2 rings (SSSR count). The number of nitrogens with one attached hydrogen (secondary N) is 2. The fraction of sp³-hybridized carbons (Fsp3) is 0.167. The number of H-pyrrole nitrogens is 1. The summed E-state index contributed by atoms with van der Waals surface area (Å²) in [5.41, 5.74) is 7.30. The summed E-state index contributed by atoms with van der Waals surface area (Å²) in [7, 11) is 0. The van der Waals surface area contributed by atoms with Crippen molar-refractivity contribution in [3.63, 3.8) is 0 Å². The highest BCUT2D eigenvalue weighted by molar-refractivity contribution is 5.44. The van der Waals surface area contributed by atoms with Crippen molar-refractivity contribution in [1.82, 2.24) is 9.97 Å². The second kappa shape index (κ2) is 4.69. The predicted molar refractivity (Wildman–Crippen MR) is 67.7 cm³/mol. The molecule has 0 aliphatic heterocycles. The van der Waals surface area contributed by atoms with Crippen LogP contribution in [-0.4, -0.2) is 9.97 Å². The molecule has 0 saturated heterocycles. The maximum absolute atomic E-state index is 11.1. The lowest BCUT2D eigenvalue weighted by Crippen LogP contribution is -2.12. The minimum absolute atomic E-state index is 0.0350. The van der Waals surface area contributed by atoms with Gasteiger partial charge in [-0.05, 0) is 24.6 Å². The maximum atomic E-state index is 11.1. The SMILES string of the molecule is CC(Nc1cc(=O)[nH]cn1)c1cccc(N)c1. The molecule has 0 fully saturated rings. The van der Waals surface area contributed by atoms with Gasteiger partial charge in [0.1, 0.15) is 5.82 Å². The van der Waals surface area contributed by atoms with E-state index >= 15 is 0 Å². The van der Waals surface area contributed by atoms with Gasteiger partial charge in [-0.3, -0.25) is 4.79 Å². The molecule has 0 amide bonds. The number of aromatic amines is 1. The molecule has 0 bridgehead atoms. The number of rotatable bonds is 3.